The minimum Gasteiger partial charge on any atom is -0.481 e. The van der Waals surface area contributed by atoms with Crippen LogP contribution in [0.15, 0.2) is 4.99 Å². The summed E-state index contributed by atoms with van der Waals surface area (Å²) in [6, 6.07) is -1.44. The monoisotopic (exact) mass is 264 g/mol. The largest absolute Gasteiger partial charge is 0.481 e. The van der Waals surface area contributed by atoms with Crippen LogP contribution in [0.2, 0.25) is 0 Å². The van der Waals surface area contributed by atoms with Gasteiger partial charge in [-0.25, -0.2) is 4.99 Å². The van der Waals surface area contributed by atoms with E-state index in [1.807, 2.05) is 0 Å². The van der Waals surface area contributed by atoms with Gasteiger partial charge in [-0.05, 0) is 18.9 Å². The van der Waals surface area contributed by atoms with Crippen LogP contribution in [0, 0.1) is 0 Å². The highest BCUT2D eigenvalue weighted by Gasteiger charge is 2.11. The topological polar surface area (TPSA) is 151 Å². The summed E-state index contributed by atoms with van der Waals surface area (Å²) >= 11 is 1.000. The van der Waals surface area contributed by atoms with Crippen LogP contribution in [0.25, 0.3) is 0 Å². The number of rotatable bonds is 7. The van der Waals surface area contributed by atoms with Crippen molar-refractivity contribution in [3.63, 3.8) is 0 Å². The van der Waals surface area contributed by atoms with Gasteiger partial charge in [0.25, 0.3) is 0 Å². The highest BCUT2D eigenvalue weighted by Crippen LogP contribution is 1.99. The average Bonchev–Trinajstić information content (AvgIpc) is 2.15. The van der Waals surface area contributed by atoms with Crippen molar-refractivity contribution in [2.75, 3.05) is 5.75 Å². The lowest BCUT2D eigenvalue weighted by Gasteiger charge is -2.09. The zero-order valence-corrected chi connectivity index (χ0v) is 10.1. The number of hydrogen-bond donors (Lipinski definition) is 5. The van der Waals surface area contributed by atoms with Crippen molar-refractivity contribution in [1.82, 2.24) is 4.72 Å². The quantitative estimate of drug-likeness (QED) is 0.219. The summed E-state index contributed by atoms with van der Waals surface area (Å²) < 4.78 is 2.58. The van der Waals surface area contributed by atoms with Gasteiger partial charge in [-0.15, -0.1) is 0 Å². The SMILES string of the molecule is CC(CC(=O)O)N=C(N)NSCC(N)C(=O)O. The number of carboxylic acids is 2. The molecule has 0 heterocycles. The van der Waals surface area contributed by atoms with Crippen molar-refractivity contribution in [2.24, 2.45) is 16.5 Å². The Balaban J connectivity index is 3.92. The first-order chi connectivity index (χ1) is 7.82. The fourth-order valence-electron chi connectivity index (χ4n) is 0.839. The van der Waals surface area contributed by atoms with Crippen LogP contribution in [0.3, 0.4) is 0 Å². The van der Waals surface area contributed by atoms with E-state index in [-0.39, 0.29) is 18.1 Å². The Morgan fingerprint density at radius 3 is 2.53 bits per heavy atom. The molecule has 7 N–H and O–H groups in total. The van der Waals surface area contributed by atoms with E-state index < -0.39 is 24.0 Å². The van der Waals surface area contributed by atoms with E-state index in [2.05, 4.69) is 9.71 Å². The Morgan fingerprint density at radius 2 is 2.06 bits per heavy atom. The van der Waals surface area contributed by atoms with E-state index in [1.165, 1.54) is 0 Å². The molecular formula is C8H16N4O4S. The molecule has 17 heavy (non-hydrogen) atoms. The zero-order chi connectivity index (χ0) is 13.4. The number of aliphatic carboxylic acids is 2. The lowest BCUT2D eigenvalue weighted by molar-refractivity contribution is -0.138. The van der Waals surface area contributed by atoms with E-state index in [0.717, 1.165) is 11.9 Å². The lowest BCUT2D eigenvalue weighted by atomic mass is 10.2. The molecule has 0 aliphatic carbocycles. The Labute approximate surface area is 103 Å². The molecule has 8 nitrogen and oxygen atoms in total. The first-order valence-corrected chi connectivity index (χ1v) is 5.72. The summed E-state index contributed by atoms with van der Waals surface area (Å²) in [6.07, 6.45) is -0.123. The fraction of sp³-hybridized carbons (Fsp3) is 0.625. The predicted molar refractivity (Wildman–Crippen MR) is 64.5 cm³/mol. The molecule has 2 atom stereocenters. The number of guanidine groups is 1. The van der Waals surface area contributed by atoms with Crippen LogP contribution in [0.1, 0.15) is 13.3 Å². The number of hydrogen-bond acceptors (Lipinski definition) is 5. The van der Waals surface area contributed by atoms with E-state index >= 15 is 0 Å². The number of nitrogens with two attached hydrogens (primary N) is 2. The van der Waals surface area contributed by atoms with Crippen molar-refractivity contribution in [2.45, 2.75) is 25.4 Å². The van der Waals surface area contributed by atoms with Crippen molar-refractivity contribution >= 4 is 29.8 Å². The minimum absolute atomic E-state index is 0.0429. The summed E-state index contributed by atoms with van der Waals surface area (Å²) in [5.74, 6) is -1.90. The number of carbonyl (C=O) groups is 2. The maximum absolute atomic E-state index is 10.4. The first kappa shape index (κ1) is 15.5. The standard InChI is InChI=1S/C8H16N4O4S/c1-4(2-6(13)14)11-8(10)12-17-3-5(9)7(15)16/h4-5H,2-3,9H2,1H3,(H,13,14)(H,15,16)(H3,10,11,12). The van der Waals surface area contributed by atoms with Crippen molar-refractivity contribution in [3.8, 4) is 0 Å². The van der Waals surface area contributed by atoms with E-state index in [4.69, 9.17) is 21.7 Å². The Morgan fingerprint density at radius 1 is 1.47 bits per heavy atom. The van der Waals surface area contributed by atoms with Crippen LogP contribution in [-0.2, 0) is 9.59 Å². The van der Waals surface area contributed by atoms with Crippen LogP contribution in [0.5, 0.6) is 0 Å². The van der Waals surface area contributed by atoms with Gasteiger partial charge in [0.2, 0.25) is 0 Å². The average molecular weight is 264 g/mol. The molecule has 0 amide bonds. The molecule has 0 aromatic carbocycles. The second-order valence-electron chi connectivity index (χ2n) is 3.32. The second kappa shape index (κ2) is 7.74. The smallest absolute Gasteiger partial charge is 0.321 e. The molecule has 0 spiro atoms. The number of carboxylic acid groups (broad SMARTS) is 2. The molecule has 0 aromatic rings. The molecule has 98 valence electrons. The van der Waals surface area contributed by atoms with Gasteiger partial charge in [0, 0.05) is 5.75 Å². The van der Waals surface area contributed by atoms with Gasteiger partial charge in [-0.3, -0.25) is 9.59 Å². The molecule has 0 bridgehead atoms. The molecule has 0 saturated heterocycles. The predicted octanol–water partition coefficient (Wildman–Crippen LogP) is -1.19. The first-order valence-electron chi connectivity index (χ1n) is 4.74. The number of nitrogens with zero attached hydrogens (tertiary/aromatic N) is 1. The molecule has 0 aliphatic heterocycles. The van der Waals surface area contributed by atoms with Gasteiger partial charge < -0.3 is 26.4 Å². The van der Waals surface area contributed by atoms with Crippen LogP contribution in [-0.4, -0.2) is 45.9 Å². The third-order valence-electron chi connectivity index (χ3n) is 1.59. The zero-order valence-electron chi connectivity index (χ0n) is 9.29. The van der Waals surface area contributed by atoms with Crippen molar-refractivity contribution in [1.29, 1.82) is 0 Å². The third kappa shape index (κ3) is 8.34. The van der Waals surface area contributed by atoms with Gasteiger partial charge in [0.15, 0.2) is 5.96 Å². The van der Waals surface area contributed by atoms with Crippen LogP contribution >= 0.6 is 11.9 Å². The molecule has 2 unspecified atom stereocenters. The van der Waals surface area contributed by atoms with Crippen LogP contribution < -0.4 is 16.2 Å². The highest BCUT2D eigenvalue weighted by molar-refractivity contribution is 7.98. The minimum atomic E-state index is -1.10. The summed E-state index contributed by atoms with van der Waals surface area (Å²) in [4.78, 5) is 24.6. The molecule has 0 radical (unpaired) electrons. The van der Waals surface area contributed by atoms with Crippen molar-refractivity contribution < 1.29 is 19.8 Å². The molecule has 0 fully saturated rings. The van der Waals surface area contributed by atoms with Gasteiger partial charge in [0.05, 0.1) is 12.5 Å². The molecular weight excluding hydrogens is 248 g/mol. The van der Waals surface area contributed by atoms with Crippen LogP contribution in [0.4, 0.5) is 0 Å². The lowest BCUT2D eigenvalue weighted by Crippen LogP contribution is -2.35. The molecule has 0 aliphatic rings. The Kier molecular flexibility index (Phi) is 7.06. The second-order valence-corrected chi connectivity index (χ2v) is 4.15. The highest BCUT2D eigenvalue weighted by atomic mass is 32.2. The van der Waals surface area contributed by atoms with Gasteiger partial charge in [-0.2, -0.15) is 0 Å². The summed E-state index contributed by atoms with van der Waals surface area (Å²) in [5.41, 5.74) is 10.7. The van der Waals surface area contributed by atoms with Gasteiger partial charge >= 0.3 is 11.9 Å². The van der Waals surface area contributed by atoms with Gasteiger partial charge in [-0.1, -0.05) is 0 Å². The summed E-state index contributed by atoms with van der Waals surface area (Å²) in [5, 5.41) is 17.0. The summed E-state index contributed by atoms with van der Waals surface area (Å²) in [7, 11) is 0. The maximum Gasteiger partial charge on any atom is 0.321 e. The fourth-order valence-corrected chi connectivity index (χ4v) is 1.44. The Hall–Kier alpha value is -1.48. The van der Waals surface area contributed by atoms with Crippen molar-refractivity contribution in [3.05, 3.63) is 0 Å². The van der Waals surface area contributed by atoms with Gasteiger partial charge in [0.1, 0.15) is 6.04 Å². The maximum atomic E-state index is 10.4. The molecule has 0 rings (SSSR count). The number of nitrogens with one attached hydrogen (secondary N) is 1. The Bertz CT molecular complexity index is 310. The third-order valence-corrected chi connectivity index (χ3v) is 2.47. The summed E-state index contributed by atoms with van der Waals surface area (Å²) in [6.45, 7) is 1.61. The normalized spacial score (nSPS) is 15.1. The molecule has 9 heteroatoms. The van der Waals surface area contributed by atoms with E-state index in [1.54, 1.807) is 6.92 Å². The van der Waals surface area contributed by atoms with E-state index in [0.29, 0.717) is 0 Å². The molecule has 0 aromatic heterocycles. The number of aliphatic imine (C=N–C) groups is 1. The molecule has 0 saturated carbocycles. The van der Waals surface area contributed by atoms with E-state index in [9.17, 15) is 9.59 Å².